The van der Waals surface area contributed by atoms with Crippen LogP contribution in [0.3, 0.4) is 0 Å². The summed E-state index contributed by atoms with van der Waals surface area (Å²) in [5, 5.41) is 0. The van der Waals surface area contributed by atoms with Gasteiger partial charge in [0.05, 0.1) is 0 Å². The monoisotopic (exact) mass is 341 g/mol. The molecule has 0 fully saturated rings. The van der Waals surface area contributed by atoms with Gasteiger partial charge in [0.25, 0.3) is 0 Å². The third-order valence-electron chi connectivity index (χ3n) is 2.75. The topological polar surface area (TPSA) is 35.2 Å². The van der Waals surface area contributed by atoms with E-state index in [1.807, 2.05) is 24.3 Å². The van der Waals surface area contributed by atoms with Gasteiger partial charge < -0.3 is 10.5 Å². The highest BCUT2D eigenvalue weighted by atomic mass is 79.9. The smallest absolute Gasteiger partial charge is 0.138 e. The van der Waals surface area contributed by atoms with Crippen LogP contribution < -0.4 is 10.5 Å². The molecular formula is C15H14BrF2NO. The molecule has 0 saturated heterocycles. The van der Waals surface area contributed by atoms with Crippen LogP contribution >= 0.6 is 15.9 Å². The Hall–Kier alpha value is -1.46. The highest BCUT2D eigenvalue weighted by Gasteiger charge is 2.19. The van der Waals surface area contributed by atoms with Crippen LogP contribution in [0, 0.1) is 11.6 Å². The van der Waals surface area contributed by atoms with Crippen molar-refractivity contribution >= 4 is 15.9 Å². The first-order valence-electron chi connectivity index (χ1n) is 6.09. The second-order valence-corrected chi connectivity index (χ2v) is 5.47. The maximum absolute atomic E-state index is 13.2. The van der Waals surface area contributed by atoms with Gasteiger partial charge in [-0.05, 0) is 24.6 Å². The van der Waals surface area contributed by atoms with Crippen molar-refractivity contribution in [2.24, 2.45) is 5.73 Å². The van der Waals surface area contributed by atoms with Gasteiger partial charge in [-0.25, -0.2) is 8.78 Å². The summed E-state index contributed by atoms with van der Waals surface area (Å²) in [6.45, 7) is 1.78. The van der Waals surface area contributed by atoms with Crippen LogP contribution in [0.25, 0.3) is 0 Å². The van der Waals surface area contributed by atoms with Crippen LogP contribution in [0.4, 0.5) is 8.78 Å². The largest absolute Gasteiger partial charge is 0.484 e. The molecule has 2 N–H and O–H groups in total. The van der Waals surface area contributed by atoms with Crippen LogP contribution in [0.2, 0.25) is 0 Å². The number of halogens is 3. The summed E-state index contributed by atoms with van der Waals surface area (Å²) in [5.74, 6) is -1.25. The lowest BCUT2D eigenvalue weighted by molar-refractivity contribution is 0.179. The van der Waals surface area contributed by atoms with Crippen LogP contribution in [0.1, 0.15) is 18.6 Å². The van der Waals surface area contributed by atoms with E-state index in [9.17, 15) is 8.78 Å². The van der Waals surface area contributed by atoms with Crippen molar-refractivity contribution in [3.8, 4) is 5.75 Å². The van der Waals surface area contributed by atoms with Crippen molar-refractivity contribution in [1.29, 1.82) is 0 Å². The highest BCUT2D eigenvalue weighted by Crippen LogP contribution is 2.27. The molecule has 0 spiro atoms. The first-order valence-corrected chi connectivity index (χ1v) is 6.89. The van der Waals surface area contributed by atoms with E-state index in [-0.39, 0.29) is 11.8 Å². The molecule has 0 aliphatic carbocycles. The number of nitrogens with two attached hydrogens (primary N) is 1. The van der Waals surface area contributed by atoms with Crippen molar-refractivity contribution in [3.63, 3.8) is 0 Å². The summed E-state index contributed by atoms with van der Waals surface area (Å²) < 4.78 is 32.9. The lowest BCUT2D eigenvalue weighted by Gasteiger charge is -2.23. The molecule has 2 atom stereocenters. The van der Waals surface area contributed by atoms with Crippen LogP contribution in [0.15, 0.2) is 46.9 Å². The summed E-state index contributed by atoms with van der Waals surface area (Å²) in [5.41, 5.74) is 6.75. The molecule has 0 saturated carbocycles. The molecule has 2 aromatic carbocycles. The number of benzene rings is 2. The zero-order chi connectivity index (χ0) is 14.7. The van der Waals surface area contributed by atoms with Gasteiger partial charge in [0.15, 0.2) is 0 Å². The fourth-order valence-corrected chi connectivity index (χ4v) is 2.32. The SMILES string of the molecule is CC(N)C(Oc1cc(F)cc(F)c1)c1cccc(Br)c1. The predicted octanol–water partition coefficient (Wildman–Crippen LogP) is 4.19. The van der Waals surface area contributed by atoms with E-state index in [2.05, 4.69) is 15.9 Å². The fourth-order valence-electron chi connectivity index (χ4n) is 1.91. The van der Waals surface area contributed by atoms with Crippen molar-refractivity contribution < 1.29 is 13.5 Å². The average Bonchev–Trinajstić information content (AvgIpc) is 2.34. The maximum atomic E-state index is 13.2. The first-order chi connectivity index (χ1) is 9.45. The Morgan fingerprint density at radius 3 is 2.30 bits per heavy atom. The van der Waals surface area contributed by atoms with E-state index >= 15 is 0 Å². The van der Waals surface area contributed by atoms with E-state index in [1.165, 1.54) is 0 Å². The number of hydrogen-bond donors (Lipinski definition) is 1. The van der Waals surface area contributed by atoms with Gasteiger partial charge in [0.1, 0.15) is 23.5 Å². The Balaban J connectivity index is 2.30. The summed E-state index contributed by atoms with van der Waals surface area (Å²) in [6, 6.07) is 10.2. The minimum absolute atomic E-state index is 0.116. The average molecular weight is 342 g/mol. The highest BCUT2D eigenvalue weighted by molar-refractivity contribution is 9.10. The Morgan fingerprint density at radius 2 is 1.75 bits per heavy atom. The van der Waals surface area contributed by atoms with E-state index in [4.69, 9.17) is 10.5 Å². The van der Waals surface area contributed by atoms with E-state index in [0.717, 1.165) is 28.2 Å². The molecule has 0 aromatic heterocycles. The molecule has 106 valence electrons. The minimum Gasteiger partial charge on any atom is -0.484 e. The molecule has 2 nitrogen and oxygen atoms in total. The number of ether oxygens (including phenoxy) is 1. The van der Waals surface area contributed by atoms with Crippen molar-refractivity contribution in [2.45, 2.75) is 19.1 Å². The van der Waals surface area contributed by atoms with Gasteiger partial charge >= 0.3 is 0 Å². The Bertz CT molecular complexity index is 584. The lowest BCUT2D eigenvalue weighted by atomic mass is 10.0. The maximum Gasteiger partial charge on any atom is 0.138 e. The van der Waals surface area contributed by atoms with E-state index in [1.54, 1.807) is 6.92 Å². The van der Waals surface area contributed by atoms with Crippen LogP contribution in [-0.2, 0) is 0 Å². The molecule has 0 heterocycles. The van der Waals surface area contributed by atoms with E-state index < -0.39 is 17.7 Å². The van der Waals surface area contributed by atoms with Gasteiger partial charge in [-0.15, -0.1) is 0 Å². The predicted molar refractivity (Wildman–Crippen MR) is 77.5 cm³/mol. The third-order valence-corrected chi connectivity index (χ3v) is 3.25. The fraction of sp³-hybridized carbons (Fsp3) is 0.200. The molecular weight excluding hydrogens is 328 g/mol. The standard InChI is InChI=1S/C15H14BrF2NO/c1-9(19)15(10-3-2-4-11(16)5-10)20-14-7-12(17)6-13(18)8-14/h2-9,15H,19H2,1H3. The molecule has 0 aliphatic heterocycles. The Kier molecular flexibility index (Phi) is 4.73. The molecule has 2 unspecified atom stereocenters. The van der Waals surface area contributed by atoms with Crippen molar-refractivity contribution in [1.82, 2.24) is 0 Å². The lowest BCUT2D eigenvalue weighted by Crippen LogP contribution is -2.29. The summed E-state index contributed by atoms with van der Waals surface area (Å²) >= 11 is 3.37. The number of rotatable bonds is 4. The Morgan fingerprint density at radius 1 is 1.10 bits per heavy atom. The summed E-state index contributed by atoms with van der Waals surface area (Å²) in [4.78, 5) is 0. The zero-order valence-corrected chi connectivity index (χ0v) is 12.4. The second kappa shape index (κ2) is 6.33. The molecule has 0 amide bonds. The Labute approximate surface area is 124 Å². The summed E-state index contributed by atoms with van der Waals surface area (Å²) in [6.07, 6.45) is -0.492. The van der Waals surface area contributed by atoms with Crippen LogP contribution in [0.5, 0.6) is 5.75 Å². The molecule has 2 aromatic rings. The van der Waals surface area contributed by atoms with Crippen molar-refractivity contribution in [3.05, 3.63) is 64.1 Å². The van der Waals surface area contributed by atoms with E-state index in [0.29, 0.717) is 0 Å². The third kappa shape index (κ3) is 3.77. The van der Waals surface area contributed by atoms with Crippen LogP contribution in [-0.4, -0.2) is 6.04 Å². The van der Waals surface area contributed by atoms with Gasteiger partial charge in [-0.1, -0.05) is 28.1 Å². The molecule has 20 heavy (non-hydrogen) atoms. The first kappa shape index (κ1) is 14.9. The van der Waals surface area contributed by atoms with Gasteiger partial charge in [0, 0.05) is 28.7 Å². The molecule has 0 bridgehead atoms. The zero-order valence-electron chi connectivity index (χ0n) is 10.8. The van der Waals surface area contributed by atoms with Crippen molar-refractivity contribution in [2.75, 3.05) is 0 Å². The normalized spacial score (nSPS) is 13.8. The molecule has 0 aliphatic rings. The summed E-state index contributed by atoms with van der Waals surface area (Å²) in [7, 11) is 0. The second-order valence-electron chi connectivity index (χ2n) is 4.56. The number of hydrogen-bond acceptors (Lipinski definition) is 2. The molecule has 2 rings (SSSR count). The van der Waals surface area contributed by atoms with Gasteiger partial charge in [0.2, 0.25) is 0 Å². The van der Waals surface area contributed by atoms with Gasteiger partial charge in [-0.2, -0.15) is 0 Å². The quantitative estimate of drug-likeness (QED) is 0.904. The molecule has 0 radical (unpaired) electrons. The van der Waals surface area contributed by atoms with Gasteiger partial charge in [-0.3, -0.25) is 0 Å². The minimum atomic E-state index is -0.683. The molecule has 5 heteroatoms.